The van der Waals surface area contributed by atoms with E-state index in [1.54, 1.807) is 0 Å². The van der Waals surface area contributed by atoms with Gasteiger partial charge in [0.05, 0.1) is 11.7 Å². The molecule has 4 N–H and O–H groups in total. The van der Waals surface area contributed by atoms with E-state index in [-0.39, 0.29) is 23.3 Å². The lowest BCUT2D eigenvalue weighted by molar-refractivity contribution is -0.122. The lowest BCUT2D eigenvalue weighted by Gasteiger charge is -2.50. The number of hydrogen-bond acceptors (Lipinski definition) is 4. The number of rotatable bonds is 8. The van der Waals surface area contributed by atoms with Crippen LogP contribution in [0.3, 0.4) is 0 Å². The number of amides is 2. The van der Waals surface area contributed by atoms with Gasteiger partial charge in [0, 0.05) is 42.7 Å². The number of nitrogens with one attached hydrogen (secondary N) is 3. The summed E-state index contributed by atoms with van der Waals surface area (Å²) in [4.78, 5) is 28.6. The van der Waals surface area contributed by atoms with Gasteiger partial charge in [0.25, 0.3) is 5.91 Å². The minimum Gasteiger partial charge on any atom is -0.508 e. The summed E-state index contributed by atoms with van der Waals surface area (Å²) in [5.41, 5.74) is 7.84. The third kappa shape index (κ3) is 5.48. The number of H-pyrrole nitrogens is 1. The molecular weight excluding hydrogens is 605 g/mol. The predicted molar refractivity (Wildman–Crippen MR) is 183 cm³/mol. The molecule has 2 saturated carbocycles. The van der Waals surface area contributed by atoms with E-state index >= 15 is 0 Å². The minimum absolute atomic E-state index is 0.0219. The van der Waals surface area contributed by atoms with Crippen LogP contribution in [0.15, 0.2) is 54.6 Å². The lowest BCUT2D eigenvalue weighted by atomic mass is 9.55. The number of carbonyl (C=O) groups excluding carboxylic acids is 2. The fraction of sp³-hybridized carbons (Fsp3) is 0.450. The van der Waals surface area contributed by atoms with Gasteiger partial charge in [-0.05, 0) is 127 Å². The van der Waals surface area contributed by atoms with Gasteiger partial charge in [0.1, 0.15) is 11.6 Å². The van der Waals surface area contributed by atoms with E-state index < -0.39 is 5.82 Å². The molecule has 0 unspecified atom stereocenters. The Labute approximate surface area is 280 Å². The Balaban J connectivity index is 0.824. The van der Waals surface area contributed by atoms with Gasteiger partial charge in [-0.3, -0.25) is 9.59 Å². The molecule has 0 saturated heterocycles. The Kier molecular flexibility index (Phi) is 8.02. The first kappa shape index (κ1) is 31.1. The van der Waals surface area contributed by atoms with E-state index in [9.17, 15) is 19.1 Å². The Hall–Kier alpha value is -4.17. The predicted octanol–water partition coefficient (Wildman–Crippen LogP) is 7.30. The molecule has 2 amide bonds. The molecule has 3 aliphatic carbocycles. The number of aromatic nitrogens is 1. The summed E-state index contributed by atoms with van der Waals surface area (Å²) in [6.45, 7) is 3.99. The maximum Gasteiger partial charge on any atom is 0.252 e. The summed E-state index contributed by atoms with van der Waals surface area (Å²) in [6, 6.07) is 16.8. The van der Waals surface area contributed by atoms with E-state index in [0.717, 1.165) is 40.6 Å². The minimum atomic E-state index is -0.440. The highest BCUT2D eigenvalue weighted by molar-refractivity contribution is 6.10. The molecule has 48 heavy (non-hydrogen) atoms. The fourth-order valence-electron chi connectivity index (χ4n) is 9.77. The molecule has 0 radical (unpaired) electrons. The van der Waals surface area contributed by atoms with Gasteiger partial charge in [0.15, 0.2) is 0 Å². The van der Waals surface area contributed by atoms with Crippen LogP contribution in [0.2, 0.25) is 0 Å². The van der Waals surface area contributed by atoms with E-state index in [0.29, 0.717) is 73.5 Å². The van der Waals surface area contributed by atoms with Gasteiger partial charge in [-0.25, -0.2) is 4.39 Å². The van der Waals surface area contributed by atoms with Crippen molar-refractivity contribution in [1.82, 2.24) is 15.6 Å². The zero-order valence-electron chi connectivity index (χ0n) is 27.5. The summed E-state index contributed by atoms with van der Waals surface area (Å²) in [5.74, 6) is 1.67. The van der Waals surface area contributed by atoms with Crippen LogP contribution in [0.4, 0.5) is 4.39 Å². The lowest BCUT2D eigenvalue weighted by Crippen LogP contribution is -2.44. The molecule has 4 aliphatic rings. The number of carbonyl (C=O) groups is 2. The number of hydrogen-bond donors (Lipinski definition) is 4. The molecule has 8 rings (SSSR count). The standard InChI is InChI=1S/C40H44FN3O4/c1-40-16-14-29-28-11-9-27(45)19-25(28)8-10-30(29)33(40)12-13-35(40)48-18-2-3-36(46)43-22-23-4-6-24(7-5-23)38-31-15-17-42-39(47)32-20-26(41)21-34(44-38)37(31)32/h4-7,9,11,19-21,29-30,33,35,44-45H,2-3,8,10,12-18,22H2,1H3,(H,42,47)(H,43,46)/t29-,30-,33+,35+,40+/m1/s1. The first-order valence-electron chi connectivity index (χ1n) is 17.7. The molecule has 1 aromatic heterocycles. The van der Waals surface area contributed by atoms with Gasteiger partial charge >= 0.3 is 0 Å². The van der Waals surface area contributed by atoms with Crippen LogP contribution in [0.1, 0.15) is 90.4 Å². The molecule has 1 aliphatic heterocycles. The molecule has 2 fully saturated rings. The second kappa shape index (κ2) is 12.4. The van der Waals surface area contributed by atoms with Crippen molar-refractivity contribution in [3.05, 3.63) is 88.2 Å². The molecule has 0 spiro atoms. The van der Waals surface area contributed by atoms with Crippen molar-refractivity contribution in [2.45, 2.75) is 83.3 Å². The molecule has 0 bridgehead atoms. The zero-order chi connectivity index (χ0) is 33.0. The maximum atomic E-state index is 14.3. The van der Waals surface area contributed by atoms with E-state index in [1.807, 2.05) is 36.4 Å². The van der Waals surface area contributed by atoms with Crippen LogP contribution in [0, 0.1) is 23.1 Å². The second-order valence-electron chi connectivity index (χ2n) is 14.7. The number of aromatic amines is 1. The molecule has 8 heteroatoms. The SMILES string of the molecule is C[C@]12CC[C@@H]3c4ccc(O)cc4CC[C@H]3[C@@H]1CC[C@@H]2OCCCC(=O)NCc1ccc(-c2[nH]c3cc(F)cc4c3c2CCNC4=O)cc1. The highest BCUT2D eigenvalue weighted by atomic mass is 19.1. The summed E-state index contributed by atoms with van der Waals surface area (Å²) in [6.07, 6.45) is 8.96. The van der Waals surface area contributed by atoms with Crippen molar-refractivity contribution < 1.29 is 23.8 Å². The average molecular weight is 650 g/mol. The van der Waals surface area contributed by atoms with Crippen LogP contribution in [0.25, 0.3) is 22.2 Å². The van der Waals surface area contributed by atoms with Crippen LogP contribution < -0.4 is 10.6 Å². The first-order valence-corrected chi connectivity index (χ1v) is 17.7. The van der Waals surface area contributed by atoms with Crippen LogP contribution in [-0.2, 0) is 28.9 Å². The largest absolute Gasteiger partial charge is 0.508 e. The Morgan fingerprint density at radius 1 is 1.06 bits per heavy atom. The Morgan fingerprint density at radius 2 is 1.92 bits per heavy atom. The van der Waals surface area contributed by atoms with Gasteiger partial charge in [-0.2, -0.15) is 0 Å². The summed E-state index contributed by atoms with van der Waals surface area (Å²) < 4.78 is 20.8. The summed E-state index contributed by atoms with van der Waals surface area (Å²) in [5, 5.41) is 16.7. The monoisotopic (exact) mass is 649 g/mol. The summed E-state index contributed by atoms with van der Waals surface area (Å²) >= 11 is 0. The fourth-order valence-corrected chi connectivity index (χ4v) is 9.77. The summed E-state index contributed by atoms with van der Waals surface area (Å²) in [7, 11) is 0. The third-order valence-electron chi connectivity index (χ3n) is 12.1. The Bertz CT molecular complexity index is 1880. The van der Waals surface area contributed by atoms with Crippen molar-refractivity contribution >= 4 is 22.7 Å². The quantitative estimate of drug-likeness (QED) is 0.150. The van der Waals surface area contributed by atoms with Crippen molar-refractivity contribution in [3.8, 4) is 17.0 Å². The number of phenolic OH excluding ortho intramolecular Hbond substituents is 1. The van der Waals surface area contributed by atoms with Gasteiger partial charge in [0.2, 0.25) is 5.91 Å². The van der Waals surface area contributed by atoms with Crippen molar-refractivity contribution in [2.24, 2.45) is 17.3 Å². The van der Waals surface area contributed by atoms with Crippen LogP contribution >= 0.6 is 0 Å². The number of aryl methyl sites for hydroxylation is 1. The number of halogens is 1. The molecular formula is C40H44FN3O4. The van der Waals surface area contributed by atoms with E-state index in [4.69, 9.17) is 4.74 Å². The van der Waals surface area contributed by atoms with Gasteiger partial charge in [-0.1, -0.05) is 37.3 Å². The van der Waals surface area contributed by atoms with Crippen molar-refractivity contribution in [3.63, 3.8) is 0 Å². The molecule has 2 heterocycles. The topological polar surface area (TPSA) is 103 Å². The smallest absolute Gasteiger partial charge is 0.252 e. The molecule has 4 aromatic rings. The normalized spacial score (nSPS) is 25.9. The number of ether oxygens (including phenoxy) is 1. The zero-order valence-corrected chi connectivity index (χ0v) is 27.5. The third-order valence-corrected chi connectivity index (χ3v) is 12.1. The highest BCUT2D eigenvalue weighted by Crippen LogP contribution is 2.61. The Morgan fingerprint density at radius 3 is 2.77 bits per heavy atom. The first-order chi connectivity index (χ1) is 23.3. The average Bonchev–Trinajstić information content (AvgIpc) is 3.56. The maximum absolute atomic E-state index is 14.3. The van der Waals surface area contributed by atoms with Crippen LogP contribution in [0.5, 0.6) is 5.75 Å². The van der Waals surface area contributed by atoms with Crippen molar-refractivity contribution in [1.29, 1.82) is 0 Å². The van der Waals surface area contributed by atoms with E-state index in [1.165, 1.54) is 48.9 Å². The van der Waals surface area contributed by atoms with Crippen molar-refractivity contribution in [2.75, 3.05) is 13.2 Å². The number of aromatic hydroxyl groups is 1. The van der Waals surface area contributed by atoms with E-state index in [2.05, 4.69) is 28.6 Å². The number of benzene rings is 3. The number of phenols is 1. The molecule has 7 nitrogen and oxygen atoms in total. The van der Waals surface area contributed by atoms with Crippen LogP contribution in [-0.4, -0.2) is 41.2 Å². The molecule has 250 valence electrons. The van der Waals surface area contributed by atoms with Gasteiger partial charge < -0.3 is 25.5 Å². The number of fused-ring (bicyclic) bond motifs is 5. The highest BCUT2D eigenvalue weighted by Gasteiger charge is 2.55. The molecule has 5 atom stereocenters. The van der Waals surface area contributed by atoms with Gasteiger partial charge in [-0.15, -0.1) is 0 Å². The second-order valence-corrected chi connectivity index (χ2v) is 14.7. The molecule has 3 aromatic carbocycles.